The maximum atomic E-state index is 5.30. The Bertz CT molecular complexity index is 3800. The van der Waals surface area contributed by atoms with Crippen molar-refractivity contribution >= 4 is 21.8 Å². The summed E-state index contributed by atoms with van der Waals surface area (Å²) in [7, 11) is 0. The average molecular weight is 937 g/mol. The van der Waals surface area contributed by atoms with Crippen LogP contribution < -0.4 is 0 Å². The van der Waals surface area contributed by atoms with Crippen LogP contribution >= 0.6 is 0 Å². The van der Waals surface area contributed by atoms with E-state index in [4.69, 9.17) is 44.9 Å². The monoisotopic (exact) mass is 936 g/mol. The quantitative estimate of drug-likeness (QED) is 0.132. The molecule has 10 heteroatoms. The van der Waals surface area contributed by atoms with Crippen molar-refractivity contribution in [1.82, 2.24) is 49.4 Å². The molecule has 13 aromatic rings. The van der Waals surface area contributed by atoms with Crippen molar-refractivity contribution in [3.63, 3.8) is 0 Å². The van der Waals surface area contributed by atoms with E-state index in [1.165, 1.54) is 0 Å². The first-order chi connectivity index (χ1) is 36.2. The molecule has 0 saturated carbocycles. The van der Waals surface area contributed by atoms with Gasteiger partial charge < -0.3 is 4.57 Å². The fraction of sp³-hybridized carbons (Fsp3) is 0. The second-order valence-electron chi connectivity index (χ2n) is 17.4. The van der Waals surface area contributed by atoms with Crippen molar-refractivity contribution in [2.24, 2.45) is 0 Å². The van der Waals surface area contributed by atoms with Gasteiger partial charge >= 0.3 is 0 Å². The number of benzene rings is 9. The van der Waals surface area contributed by atoms with Crippen LogP contribution in [0.4, 0.5) is 0 Å². The molecule has 0 atom stereocenters. The summed E-state index contributed by atoms with van der Waals surface area (Å²) >= 11 is 0. The van der Waals surface area contributed by atoms with Gasteiger partial charge in [0, 0.05) is 60.8 Å². The minimum absolute atomic E-state index is 0.486. The van der Waals surface area contributed by atoms with E-state index in [0.29, 0.717) is 52.4 Å². The first-order valence-corrected chi connectivity index (χ1v) is 24.0. The normalized spacial score (nSPS) is 11.3. The minimum atomic E-state index is 0.486. The van der Waals surface area contributed by atoms with Gasteiger partial charge in [0.05, 0.1) is 16.7 Å². The highest BCUT2D eigenvalue weighted by Crippen LogP contribution is 2.42. The Morgan fingerprint density at radius 1 is 0.205 bits per heavy atom. The van der Waals surface area contributed by atoms with Gasteiger partial charge in [-0.15, -0.1) is 0 Å². The van der Waals surface area contributed by atoms with E-state index in [1.54, 1.807) is 0 Å². The Labute approximate surface area is 420 Å². The first-order valence-electron chi connectivity index (χ1n) is 24.0. The zero-order valence-corrected chi connectivity index (χ0v) is 39.1. The number of fused-ring (bicyclic) bond motifs is 3. The van der Waals surface area contributed by atoms with Gasteiger partial charge in [0.1, 0.15) is 0 Å². The molecule has 4 heterocycles. The third-order valence-corrected chi connectivity index (χ3v) is 12.8. The fourth-order valence-corrected chi connectivity index (χ4v) is 9.29. The standard InChI is InChI=1S/C63H40N10/c1-7-22-41(23-8-1)55-64-56(42-24-9-2-10-25-42)68-61(67-55)47-38-39-53-51(40-47)48-34-19-20-37-52(48)73(53)54-49(62-69-57(43-26-11-3-12-27-43)65-58(70-62)44-28-13-4-14-29-44)35-21-36-50(54)63-71-59(45-30-15-5-16-31-45)66-60(72-63)46-32-17-6-18-33-46/h1-40H. The summed E-state index contributed by atoms with van der Waals surface area (Å²) in [6.45, 7) is 0. The lowest BCUT2D eigenvalue weighted by atomic mass is 10.0. The molecule has 0 unspecified atom stereocenters. The Balaban J connectivity index is 1.10. The predicted octanol–water partition coefficient (Wildman–Crippen LogP) is 14.3. The molecule has 0 radical (unpaired) electrons. The minimum Gasteiger partial charge on any atom is -0.308 e. The Kier molecular flexibility index (Phi) is 10.9. The predicted molar refractivity (Wildman–Crippen MR) is 290 cm³/mol. The van der Waals surface area contributed by atoms with Crippen molar-refractivity contribution in [1.29, 1.82) is 0 Å². The summed E-state index contributed by atoms with van der Waals surface area (Å²) < 4.78 is 2.29. The second kappa shape index (κ2) is 18.6. The zero-order chi connectivity index (χ0) is 48.5. The molecule has 13 rings (SSSR count). The summed E-state index contributed by atoms with van der Waals surface area (Å²) in [6, 6.07) is 81.2. The smallest absolute Gasteiger partial charge is 0.166 e. The lowest BCUT2D eigenvalue weighted by Gasteiger charge is -2.19. The van der Waals surface area contributed by atoms with Crippen LogP contribution in [0.15, 0.2) is 243 Å². The summed E-state index contributed by atoms with van der Waals surface area (Å²) in [5.41, 5.74) is 10.3. The number of rotatable bonds is 10. The number of hydrogen-bond acceptors (Lipinski definition) is 9. The molecule has 0 aliphatic heterocycles. The van der Waals surface area contributed by atoms with Gasteiger partial charge in [-0.3, -0.25) is 0 Å². The van der Waals surface area contributed by atoms with Crippen LogP contribution in [-0.4, -0.2) is 49.4 Å². The lowest BCUT2D eigenvalue weighted by Crippen LogP contribution is -2.07. The third-order valence-electron chi connectivity index (χ3n) is 12.8. The Morgan fingerprint density at radius 2 is 0.493 bits per heavy atom. The molecule has 342 valence electrons. The fourth-order valence-electron chi connectivity index (χ4n) is 9.29. The van der Waals surface area contributed by atoms with E-state index >= 15 is 0 Å². The molecular formula is C63H40N10. The van der Waals surface area contributed by atoms with Crippen LogP contribution in [0.3, 0.4) is 0 Å². The van der Waals surface area contributed by atoms with Crippen LogP contribution in [-0.2, 0) is 0 Å². The number of nitrogens with zero attached hydrogens (tertiary/aromatic N) is 10. The molecule has 73 heavy (non-hydrogen) atoms. The van der Waals surface area contributed by atoms with Crippen molar-refractivity contribution < 1.29 is 0 Å². The molecule has 4 aromatic heterocycles. The van der Waals surface area contributed by atoms with Crippen LogP contribution in [0.25, 0.3) is 130 Å². The van der Waals surface area contributed by atoms with E-state index in [9.17, 15) is 0 Å². The van der Waals surface area contributed by atoms with Crippen molar-refractivity contribution in [3.05, 3.63) is 243 Å². The van der Waals surface area contributed by atoms with E-state index in [1.807, 2.05) is 188 Å². The van der Waals surface area contributed by atoms with E-state index < -0.39 is 0 Å². The molecule has 0 spiro atoms. The van der Waals surface area contributed by atoms with Gasteiger partial charge in [0.2, 0.25) is 0 Å². The molecule has 0 aliphatic carbocycles. The lowest BCUT2D eigenvalue weighted by molar-refractivity contribution is 1.05. The van der Waals surface area contributed by atoms with Gasteiger partial charge in [-0.25, -0.2) is 44.9 Å². The largest absolute Gasteiger partial charge is 0.308 e. The van der Waals surface area contributed by atoms with E-state index in [-0.39, 0.29) is 0 Å². The Hall–Kier alpha value is -10.2. The molecule has 0 amide bonds. The van der Waals surface area contributed by atoms with Crippen molar-refractivity contribution in [2.75, 3.05) is 0 Å². The van der Waals surface area contributed by atoms with Crippen LogP contribution in [0.1, 0.15) is 0 Å². The molecule has 0 aliphatic rings. The van der Waals surface area contributed by atoms with Gasteiger partial charge in [0.15, 0.2) is 52.4 Å². The van der Waals surface area contributed by atoms with Crippen LogP contribution in [0, 0.1) is 0 Å². The maximum absolute atomic E-state index is 5.30. The highest BCUT2D eigenvalue weighted by atomic mass is 15.1. The van der Waals surface area contributed by atoms with Crippen LogP contribution in [0.2, 0.25) is 0 Å². The molecule has 10 nitrogen and oxygen atoms in total. The zero-order valence-electron chi connectivity index (χ0n) is 39.1. The van der Waals surface area contributed by atoms with E-state index in [2.05, 4.69) is 59.2 Å². The number of para-hydroxylation sites is 2. The van der Waals surface area contributed by atoms with Crippen molar-refractivity contribution in [2.45, 2.75) is 0 Å². The average Bonchev–Trinajstić information content (AvgIpc) is 3.81. The summed E-state index contributed by atoms with van der Waals surface area (Å²) in [4.78, 5) is 46.6. The molecule has 0 bridgehead atoms. The highest BCUT2D eigenvalue weighted by molar-refractivity contribution is 6.11. The summed E-state index contributed by atoms with van der Waals surface area (Å²) in [5.74, 6) is 4.91. The molecule has 0 fully saturated rings. The van der Waals surface area contributed by atoms with Gasteiger partial charge in [-0.05, 0) is 36.4 Å². The van der Waals surface area contributed by atoms with Crippen LogP contribution in [0.5, 0.6) is 0 Å². The van der Waals surface area contributed by atoms with E-state index in [0.717, 1.165) is 77.6 Å². The summed E-state index contributed by atoms with van der Waals surface area (Å²) in [5, 5.41) is 2.02. The SMILES string of the molecule is c1ccc(-c2nc(-c3ccccc3)nc(-c3ccc4c(c3)c3ccccc3n4-c3c(-c4nc(-c5ccccc5)nc(-c5ccccc5)n4)cccc3-c3nc(-c4ccccc4)nc(-c4ccccc4)n3)n2)cc1. The molecule has 0 saturated heterocycles. The molecule has 9 aromatic carbocycles. The Morgan fingerprint density at radius 3 is 0.849 bits per heavy atom. The topological polar surface area (TPSA) is 121 Å². The maximum Gasteiger partial charge on any atom is 0.166 e. The second-order valence-corrected chi connectivity index (χ2v) is 17.4. The first kappa shape index (κ1) is 42.9. The summed E-state index contributed by atoms with van der Waals surface area (Å²) in [6.07, 6.45) is 0. The number of hydrogen-bond donors (Lipinski definition) is 0. The molecular weight excluding hydrogens is 897 g/mol. The van der Waals surface area contributed by atoms with Gasteiger partial charge in [-0.2, -0.15) is 0 Å². The van der Waals surface area contributed by atoms with Gasteiger partial charge in [0.25, 0.3) is 0 Å². The molecule has 0 N–H and O–H groups in total. The van der Waals surface area contributed by atoms with Gasteiger partial charge in [-0.1, -0.05) is 206 Å². The third kappa shape index (κ3) is 8.24. The number of aromatic nitrogens is 10. The highest BCUT2D eigenvalue weighted by Gasteiger charge is 2.25. The van der Waals surface area contributed by atoms with Crippen molar-refractivity contribution in [3.8, 4) is 108 Å².